The molecule has 0 aromatic heterocycles. The molecule has 0 spiro atoms. The quantitative estimate of drug-likeness (QED) is 0.445. The molecule has 0 aliphatic carbocycles. The van der Waals surface area contributed by atoms with E-state index in [4.69, 9.17) is 0 Å². The monoisotopic (exact) mass is 570 g/mol. The van der Waals surface area contributed by atoms with Crippen LogP contribution in [0.5, 0.6) is 0 Å². The topological polar surface area (TPSA) is 69.2 Å². The van der Waals surface area contributed by atoms with Crippen LogP contribution < -0.4 is 10.4 Å². The maximum Gasteiger partial charge on any atom is 0.224 e. The lowest BCUT2D eigenvalue weighted by Crippen LogP contribution is -2.24. The van der Waals surface area contributed by atoms with Gasteiger partial charge in [0.15, 0.2) is 0 Å². The van der Waals surface area contributed by atoms with Crippen molar-refractivity contribution in [1.82, 2.24) is 0 Å². The van der Waals surface area contributed by atoms with E-state index in [9.17, 15) is 14.7 Å². The molecule has 92 valence electrons. The Balaban J connectivity index is 2.69. The maximum absolute atomic E-state index is 11.4. The van der Waals surface area contributed by atoms with Crippen molar-refractivity contribution in [2.45, 2.75) is 12.8 Å². The zero-order chi connectivity index (χ0) is 13.0. The molecule has 0 saturated carbocycles. The predicted molar refractivity (Wildman–Crippen MR) is 87.5 cm³/mol. The number of hydrogen-bond acceptors (Lipinski definition) is 3. The van der Waals surface area contributed by atoms with Crippen LogP contribution in [0, 0.1) is 10.7 Å². The van der Waals surface area contributed by atoms with Gasteiger partial charge < -0.3 is 15.2 Å². The van der Waals surface area contributed by atoms with Crippen molar-refractivity contribution < 1.29 is 14.7 Å². The lowest BCUT2D eigenvalue weighted by atomic mass is 10.2. The predicted octanol–water partition coefficient (Wildman–Crippen LogP) is 1.97. The highest BCUT2D eigenvalue weighted by Gasteiger charge is 2.07. The number of anilines is 1. The van der Waals surface area contributed by atoms with Crippen molar-refractivity contribution >= 4 is 85.3 Å². The standard InChI is InChI=1S/C10H8I3NO3/c11-6-3-5(4-7(12)10(6)13)14-8(15)1-2-9(16)17/h3-4H,1-2H2,(H,14,15)(H,16,17)/p-1. The molecule has 17 heavy (non-hydrogen) atoms. The van der Waals surface area contributed by atoms with Gasteiger partial charge in [0.25, 0.3) is 0 Å². The van der Waals surface area contributed by atoms with E-state index in [0.29, 0.717) is 5.69 Å². The number of rotatable bonds is 4. The van der Waals surface area contributed by atoms with E-state index >= 15 is 0 Å². The lowest BCUT2D eigenvalue weighted by Gasteiger charge is -2.08. The molecule has 1 N–H and O–H groups in total. The van der Waals surface area contributed by atoms with Gasteiger partial charge in [0.05, 0.1) is 0 Å². The summed E-state index contributed by atoms with van der Waals surface area (Å²) in [4.78, 5) is 21.6. The summed E-state index contributed by atoms with van der Waals surface area (Å²) >= 11 is 6.60. The second-order valence-electron chi connectivity index (χ2n) is 3.17. The first-order valence-corrected chi connectivity index (χ1v) is 7.78. The normalized spacial score (nSPS) is 10.1. The molecule has 7 heteroatoms. The van der Waals surface area contributed by atoms with Gasteiger partial charge in [0.1, 0.15) is 0 Å². The summed E-state index contributed by atoms with van der Waals surface area (Å²) in [7, 11) is 0. The van der Waals surface area contributed by atoms with Crippen molar-refractivity contribution in [2.24, 2.45) is 0 Å². The van der Waals surface area contributed by atoms with Crippen LogP contribution in [0.2, 0.25) is 0 Å². The number of nitrogens with one attached hydrogen (secondary N) is 1. The van der Waals surface area contributed by atoms with Crippen molar-refractivity contribution in [1.29, 1.82) is 0 Å². The van der Waals surface area contributed by atoms with E-state index in [1.807, 2.05) is 12.1 Å². The van der Waals surface area contributed by atoms with Gasteiger partial charge in [-0.15, -0.1) is 0 Å². The highest BCUT2D eigenvalue weighted by molar-refractivity contribution is 14.1. The summed E-state index contributed by atoms with van der Waals surface area (Å²) < 4.78 is 3.23. The van der Waals surface area contributed by atoms with Gasteiger partial charge in [-0.25, -0.2) is 0 Å². The minimum Gasteiger partial charge on any atom is -0.550 e. The number of amides is 1. The second kappa shape index (κ2) is 7.07. The zero-order valence-corrected chi connectivity index (χ0v) is 14.9. The minimum atomic E-state index is -1.22. The van der Waals surface area contributed by atoms with Crippen molar-refractivity contribution in [3.8, 4) is 0 Å². The summed E-state index contributed by atoms with van der Waals surface area (Å²) in [5, 5.41) is 12.9. The fourth-order valence-electron chi connectivity index (χ4n) is 1.07. The van der Waals surface area contributed by atoms with Crippen molar-refractivity contribution in [3.63, 3.8) is 0 Å². The number of aliphatic carboxylic acids is 1. The molecule has 0 saturated heterocycles. The number of halogens is 3. The molecule has 0 aliphatic heterocycles. The summed E-state index contributed by atoms with van der Waals surface area (Å²) in [5.41, 5.74) is 0.683. The zero-order valence-electron chi connectivity index (χ0n) is 8.43. The Morgan fingerprint density at radius 2 is 1.65 bits per heavy atom. The van der Waals surface area contributed by atoms with Gasteiger partial charge in [-0.1, -0.05) is 0 Å². The van der Waals surface area contributed by atoms with Crippen LogP contribution in [0.3, 0.4) is 0 Å². The highest BCUT2D eigenvalue weighted by atomic mass is 127. The van der Waals surface area contributed by atoms with Gasteiger partial charge in [-0.05, 0) is 86.3 Å². The van der Waals surface area contributed by atoms with Crippen molar-refractivity contribution in [3.05, 3.63) is 22.8 Å². The Hall–Kier alpha value is 0.350. The van der Waals surface area contributed by atoms with Crippen molar-refractivity contribution in [2.75, 3.05) is 5.32 Å². The average molecular weight is 570 g/mol. The van der Waals surface area contributed by atoms with Crippen LogP contribution in [0.25, 0.3) is 0 Å². The average Bonchev–Trinajstić information content (AvgIpc) is 2.23. The third-order valence-electron chi connectivity index (χ3n) is 1.82. The van der Waals surface area contributed by atoms with E-state index < -0.39 is 5.97 Å². The van der Waals surface area contributed by atoms with E-state index in [2.05, 4.69) is 73.1 Å². The number of carbonyl (C=O) groups is 2. The molecule has 1 aromatic rings. The van der Waals surface area contributed by atoms with E-state index in [0.717, 1.165) is 10.7 Å². The lowest BCUT2D eigenvalue weighted by molar-refractivity contribution is -0.305. The van der Waals surface area contributed by atoms with Gasteiger partial charge in [-0.2, -0.15) is 0 Å². The fourth-order valence-corrected chi connectivity index (χ4v) is 3.15. The molecule has 0 unspecified atom stereocenters. The highest BCUT2D eigenvalue weighted by Crippen LogP contribution is 2.25. The molecule has 0 atom stereocenters. The second-order valence-corrected chi connectivity index (χ2v) is 6.58. The Morgan fingerprint density at radius 1 is 1.12 bits per heavy atom. The third kappa shape index (κ3) is 5.24. The summed E-state index contributed by atoms with van der Waals surface area (Å²) in [6.45, 7) is 0. The summed E-state index contributed by atoms with van der Waals surface area (Å²) in [5.74, 6) is -1.53. The van der Waals surface area contributed by atoms with Crippen LogP contribution in [-0.4, -0.2) is 11.9 Å². The Labute approximate surface area is 139 Å². The van der Waals surface area contributed by atoms with Gasteiger partial charge in [0, 0.05) is 28.8 Å². The molecule has 1 aromatic carbocycles. The molecule has 0 heterocycles. The Bertz CT molecular complexity index is 439. The SMILES string of the molecule is O=C([O-])CCC(=O)Nc1cc(I)c(I)c(I)c1. The smallest absolute Gasteiger partial charge is 0.224 e. The number of carboxylic acids is 1. The van der Waals surface area contributed by atoms with E-state index in [1.165, 1.54) is 0 Å². The molecule has 4 nitrogen and oxygen atoms in total. The first kappa shape index (κ1) is 15.4. The third-order valence-corrected chi connectivity index (χ3v) is 6.75. The van der Waals surface area contributed by atoms with Crippen LogP contribution in [0.4, 0.5) is 5.69 Å². The van der Waals surface area contributed by atoms with E-state index in [-0.39, 0.29) is 18.7 Å². The van der Waals surface area contributed by atoms with Gasteiger partial charge in [0.2, 0.25) is 5.91 Å². The van der Waals surface area contributed by atoms with Crippen LogP contribution in [0.15, 0.2) is 12.1 Å². The molecule has 1 rings (SSSR count). The Kier molecular flexibility index (Phi) is 6.40. The molecule has 0 aliphatic rings. The van der Waals surface area contributed by atoms with Gasteiger partial charge >= 0.3 is 0 Å². The van der Waals surface area contributed by atoms with Crippen LogP contribution in [0.1, 0.15) is 12.8 Å². The van der Waals surface area contributed by atoms with Crippen LogP contribution >= 0.6 is 67.8 Å². The molecular weight excluding hydrogens is 563 g/mol. The summed E-state index contributed by atoms with van der Waals surface area (Å²) in [6.07, 6.45) is -0.328. The Morgan fingerprint density at radius 3 is 2.12 bits per heavy atom. The number of benzene rings is 1. The first-order valence-electron chi connectivity index (χ1n) is 4.54. The fraction of sp³-hybridized carbons (Fsp3) is 0.200. The number of carboxylic acid groups (broad SMARTS) is 1. The van der Waals surface area contributed by atoms with Crippen LogP contribution in [-0.2, 0) is 9.59 Å². The molecule has 0 radical (unpaired) electrons. The minimum absolute atomic E-state index is 0.0680. The largest absolute Gasteiger partial charge is 0.550 e. The first-order chi connectivity index (χ1) is 7.90. The summed E-state index contributed by atoms with van der Waals surface area (Å²) in [6, 6.07) is 3.70. The molecule has 0 bridgehead atoms. The number of hydrogen-bond donors (Lipinski definition) is 1. The molecule has 1 amide bonds. The maximum atomic E-state index is 11.4. The van der Waals surface area contributed by atoms with Gasteiger partial charge in [-0.3, -0.25) is 4.79 Å². The molecular formula is C10H7I3NO3-. The number of carbonyl (C=O) groups excluding carboxylic acids is 2. The molecule has 0 fully saturated rings. The van der Waals surface area contributed by atoms with E-state index in [1.54, 1.807) is 0 Å².